The van der Waals surface area contributed by atoms with Gasteiger partial charge in [0.1, 0.15) is 0 Å². The summed E-state index contributed by atoms with van der Waals surface area (Å²) in [6.45, 7) is 0.270. The molecule has 0 atom stereocenters. The SMILES string of the molecule is NCC(=O)C12CC3CC(CC(C3)C1)C2. The molecule has 4 aliphatic rings. The van der Waals surface area contributed by atoms with E-state index in [-0.39, 0.29) is 12.0 Å². The zero-order valence-electron chi connectivity index (χ0n) is 8.67. The highest BCUT2D eigenvalue weighted by Gasteiger charge is 2.53. The number of rotatable bonds is 2. The predicted molar refractivity (Wildman–Crippen MR) is 54.7 cm³/mol. The maximum atomic E-state index is 11.9. The molecule has 4 fully saturated rings. The summed E-state index contributed by atoms with van der Waals surface area (Å²) in [5, 5.41) is 0. The zero-order valence-corrected chi connectivity index (χ0v) is 8.67. The molecule has 0 heterocycles. The van der Waals surface area contributed by atoms with Gasteiger partial charge in [0.25, 0.3) is 0 Å². The van der Waals surface area contributed by atoms with Crippen molar-refractivity contribution in [1.29, 1.82) is 0 Å². The van der Waals surface area contributed by atoms with Gasteiger partial charge in [-0.05, 0) is 56.3 Å². The molecule has 2 N–H and O–H groups in total. The summed E-state index contributed by atoms with van der Waals surface area (Å²) in [7, 11) is 0. The Labute approximate surface area is 85.2 Å². The van der Waals surface area contributed by atoms with Gasteiger partial charge in [-0.3, -0.25) is 4.79 Å². The first kappa shape index (κ1) is 8.90. The fraction of sp³-hybridized carbons (Fsp3) is 0.917. The van der Waals surface area contributed by atoms with Gasteiger partial charge in [0.15, 0.2) is 5.78 Å². The van der Waals surface area contributed by atoms with Gasteiger partial charge in [0, 0.05) is 5.41 Å². The largest absolute Gasteiger partial charge is 0.324 e. The molecule has 0 aromatic rings. The second-order valence-electron chi connectivity index (χ2n) is 5.83. The third-order valence-electron chi connectivity index (χ3n) is 4.82. The second-order valence-corrected chi connectivity index (χ2v) is 5.83. The normalized spacial score (nSPS) is 49.6. The van der Waals surface area contributed by atoms with Gasteiger partial charge in [-0.15, -0.1) is 0 Å². The van der Waals surface area contributed by atoms with E-state index >= 15 is 0 Å². The third kappa shape index (κ3) is 1.10. The van der Waals surface area contributed by atoms with Gasteiger partial charge in [0.2, 0.25) is 0 Å². The van der Waals surface area contributed by atoms with Gasteiger partial charge in [-0.1, -0.05) is 0 Å². The molecule has 4 bridgehead atoms. The van der Waals surface area contributed by atoms with E-state index in [2.05, 4.69) is 0 Å². The van der Waals surface area contributed by atoms with Crippen molar-refractivity contribution in [3.05, 3.63) is 0 Å². The van der Waals surface area contributed by atoms with E-state index in [1.165, 1.54) is 19.3 Å². The lowest BCUT2D eigenvalue weighted by molar-refractivity contribution is -0.142. The van der Waals surface area contributed by atoms with Crippen molar-refractivity contribution < 1.29 is 4.79 Å². The van der Waals surface area contributed by atoms with Gasteiger partial charge < -0.3 is 5.73 Å². The molecule has 0 amide bonds. The lowest BCUT2D eigenvalue weighted by Gasteiger charge is -2.55. The summed E-state index contributed by atoms with van der Waals surface area (Å²) in [6.07, 6.45) is 7.68. The van der Waals surface area contributed by atoms with Crippen molar-refractivity contribution in [2.45, 2.75) is 38.5 Å². The van der Waals surface area contributed by atoms with Gasteiger partial charge in [-0.2, -0.15) is 0 Å². The van der Waals surface area contributed by atoms with Crippen molar-refractivity contribution in [1.82, 2.24) is 0 Å². The highest BCUT2D eigenvalue weighted by molar-refractivity contribution is 5.86. The lowest BCUT2D eigenvalue weighted by atomic mass is 9.48. The Morgan fingerprint density at radius 2 is 1.50 bits per heavy atom. The van der Waals surface area contributed by atoms with Gasteiger partial charge in [0.05, 0.1) is 6.54 Å². The Morgan fingerprint density at radius 1 is 1.07 bits per heavy atom. The van der Waals surface area contributed by atoms with Crippen molar-refractivity contribution in [3.63, 3.8) is 0 Å². The molecule has 14 heavy (non-hydrogen) atoms. The van der Waals surface area contributed by atoms with Crippen molar-refractivity contribution in [2.75, 3.05) is 6.54 Å². The number of carbonyl (C=O) groups is 1. The van der Waals surface area contributed by atoms with E-state index in [9.17, 15) is 4.79 Å². The molecule has 4 aliphatic carbocycles. The number of carbonyl (C=O) groups excluding carboxylic acids is 1. The van der Waals surface area contributed by atoms with Gasteiger partial charge >= 0.3 is 0 Å². The minimum Gasteiger partial charge on any atom is -0.324 e. The second kappa shape index (κ2) is 2.82. The summed E-state index contributed by atoms with van der Waals surface area (Å²) in [4.78, 5) is 11.9. The summed E-state index contributed by atoms with van der Waals surface area (Å²) in [6, 6.07) is 0. The van der Waals surface area contributed by atoms with Crippen molar-refractivity contribution in [3.8, 4) is 0 Å². The summed E-state index contributed by atoms with van der Waals surface area (Å²) >= 11 is 0. The molecule has 2 heteroatoms. The average molecular weight is 193 g/mol. The van der Waals surface area contributed by atoms with Crippen LogP contribution < -0.4 is 5.73 Å². The maximum absolute atomic E-state index is 11.9. The van der Waals surface area contributed by atoms with Gasteiger partial charge in [-0.25, -0.2) is 0 Å². The Balaban J connectivity index is 1.91. The number of nitrogens with two attached hydrogens (primary N) is 1. The first-order chi connectivity index (χ1) is 6.72. The zero-order chi connectivity index (χ0) is 9.76. The molecule has 2 nitrogen and oxygen atoms in total. The summed E-state index contributed by atoms with van der Waals surface area (Å²) < 4.78 is 0. The van der Waals surface area contributed by atoms with Crippen LogP contribution in [0.5, 0.6) is 0 Å². The van der Waals surface area contributed by atoms with Crippen LogP contribution in [0.3, 0.4) is 0 Å². The molecule has 0 aromatic heterocycles. The van der Waals surface area contributed by atoms with Crippen LogP contribution in [-0.4, -0.2) is 12.3 Å². The Morgan fingerprint density at radius 3 is 1.86 bits per heavy atom. The van der Waals surface area contributed by atoms with Crippen LogP contribution >= 0.6 is 0 Å². The van der Waals surface area contributed by atoms with E-state index in [0.29, 0.717) is 5.78 Å². The predicted octanol–water partition coefficient (Wildman–Crippen LogP) is 1.73. The lowest BCUT2D eigenvalue weighted by Crippen LogP contribution is -2.51. The monoisotopic (exact) mass is 193 g/mol. The molecule has 78 valence electrons. The maximum Gasteiger partial charge on any atom is 0.152 e. The van der Waals surface area contributed by atoms with E-state index in [4.69, 9.17) is 5.73 Å². The molecular weight excluding hydrogens is 174 g/mol. The van der Waals surface area contributed by atoms with E-state index < -0.39 is 0 Å². The highest BCUT2D eigenvalue weighted by atomic mass is 16.1. The van der Waals surface area contributed by atoms with Crippen LogP contribution in [0, 0.1) is 23.2 Å². The Bertz CT molecular complexity index is 236. The molecule has 0 aromatic carbocycles. The Kier molecular flexibility index (Phi) is 1.79. The smallest absolute Gasteiger partial charge is 0.152 e. The van der Waals surface area contributed by atoms with Crippen LogP contribution in [0.4, 0.5) is 0 Å². The quantitative estimate of drug-likeness (QED) is 0.725. The first-order valence-corrected chi connectivity index (χ1v) is 5.95. The molecule has 0 spiro atoms. The van der Waals surface area contributed by atoms with E-state index in [1.807, 2.05) is 0 Å². The van der Waals surface area contributed by atoms with Crippen LogP contribution in [-0.2, 0) is 4.79 Å². The van der Waals surface area contributed by atoms with Crippen LogP contribution in [0.25, 0.3) is 0 Å². The van der Waals surface area contributed by atoms with Crippen LogP contribution in [0.1, 0.15) is 38.5 Å². The fourth-order valence-electron chi connectivity index (χ4n) is 4.67. The molecular formula is C12H19NO. The summed E-state index contributed by atoms with van der Waals surface area (Å²) in [5.74, 6) is 2.93. The average Bonchev–Trinajstić information content (AvgIpc) is 2.14. The van der Waals surface area contributed by atoms with Crippen LogP contribution in [0.15, 0.2) is 0 Å². The molecule has 0 unspecified atom stereocenters. The molecule has 0 radical (unpaired) electrons. The highest BCUT2D eigenvalue weighted by Crippen LogP contribution is 2.60. The third-order valence-corrected chi connectivity index (χ3v) is 4.82. The number of hydrogen-bond donors (Lipinski definition) is 1. The standard InChI is InChI=1S/C12H19NO/c13-7-11(14)12-4-8-1-9(5-12)3-10(2-8)6-12/h8-10H,1-7,13H2. The number of ketones is 1. The number of hydrogen-bond acceptors (Lipinski definition) is 2. The minimum atomic E-state index is 0.0451. The van der Waals surface area contributed by atoms with E-state index in [0.717, 1.165) is 37.0 Å². The van der Waals surface area contributed by atoms with E-state index in [1.54, 1.807) is 0 Å². The molecule has 0 aliphatic heterocycles. The first-order valence-electron chi connectivity index (χ1n) is 5.95. The number of Topliss-reactive ketones (excluding diaryl/α,β-unsaturated/α-hetero) is 1. The van der Waals surface area contributed by atoms with Crippen LogP contribution in [0.2, 0.25) is 0 Å². The minimum absolute atomic E-state index is 0.0451. The van der Waals surface area contributed by atoms with Crippen molar-refractivity contribution >= 4 is 5.78 Å². The summed E-state index contributed by atoms with van der Waals surface area (Å²) in [5.41, 5.74) is 5.59. The Hall–Kier alpha value is -0.370. The topological polar surface area (TPSA) is 43.1 Å². The fourth-order valence-corrected chi connectivity index (χ4v) is 4.67. The molecule has 0 saturated heterocycles. The van der Waals surface area contributed by atoms with Crippen molar-refractivity contribution in [2.24, 2.45) is 28.9 Å². The molecule has 4 saturated carbocycles. The molecule has 4 rings (SSSR count).